The molecule has 0 fully saturated rings. The normalized spacial score (nSPS) is 15.4. The third kappa shape index (κ3) is 2.19. The molecule has 3 rings (SSSR count). The van der Waals surface area contributed by atoms with Gasteiger partial charge in [-0.15, -0.1) is 11.3 Å². The van der Waals surface area contributed by atoms with Gasteiger partial charge in [0, 0.05) is 4.88 Å². The van der Waals surface area contributed by atoms with Gasteiger partial charge >= 0.3 is 0 Å². The maximum absolute atomic E-state index is 6.22. The molecule has 1 aromatic heterocycles. The van der Waals surface area contributed by atoms with Crippen LogP contribution in [0, 0.1) is 0 Å². The van der Waals surface area contributed by atoms with E-state index >= 15 is 0 Å². The predicted octanol–water partition coefficient (Wildman–Crippen LogP) is 3.22. The van der Waals surface area contributed by atoms with E-state index in [0.29, 0.717) is 13.2 Å². The number of hydrogen-bond donors (Lipinski definition) is 1. The van der Waals surface area contributed by atoms with Gasteiger partial charge in [-0.3, -0.25) is 0 Å². The molecular formula is C13H12ClNO2S. The van der Waals surface area contributed by atoms with Gasteiger partial charge in [0.2, 0.25) is 0 Å². The molecule has 1 aromatic carbocycles. The lowest BCUT2D eigenvalue weighted by Gasteiger charge is -2.20. The summed E-state index contributed by atoms with van der Waals surface area (Å²) in [6.45, 7) is 1.18. The quantitative estimate of drug-likeness (QED) is 0.919. The van der Waals surface area contributed by atoms with Crippen LogP contribution in [0.4, 0.5) is 0 Å². The van der Waals surface area contributed by atoms with E-state index < -0.39 is 0 Å². The Balaban J connectivity index is 1.92. The highest BCUT2D eigenvalue weighted by Crippen LogP contribution is 2.35. The third-order valence-electron chi connectivity index (χ3n) is 2.83. The van der Waals surface area contributed by atoms with Crippen LogP contribution in [0.5, 0.6) is 11.5 Å². The van der Waals surface area contributed by atoms with E-state index in [2.05, 4.69) is 0 Å². The van der Waals surface area contributed by atoms with Crippen LogP contribution in [-0.4, -0.2) is 13.2 Å². The van der Waals surface area contributed by atoms with Crippen molar-refractivity contribution in [2.45, 2.75) is 6.04 Å². The summed E-state index contributed by atoms with van der Waals surface area (Å²) in [4.78, 5) is 1.04. The summed E-state index contributed by atoms with van der Waals surface area (Å²) in [5.74, 6) is 1.54. The fourth-order valence-electron chi connectivity index (χ4n) is 1.91. The van der Waals surface area contributed by atoms with Gasteiger partial charge in [-0.25, -0.2) is 0 Å². The molecule has 0 spiro atoms. The Hall–Kier alpha value is -1.23. The zero-order chi connectivity index (χ0) is 12.5. The van der Waals surface area contributed by atoms with Crippen molar-refractivity contribution in [3.8, 4) is 11.5 Å². The van der Waals surface area contributed by atoms with Gasteiger partial charge < -0.3 is 15.2 Å². The summed E-state index contributed by atoms with van der Waals surface area (Å²) in [7, 11) is 0. The Kier molecular flexibility index (Phi) is 3.16. The average molecular weight is 282 g/mol. The van der Waals surface area contributed by atoms with Crippen molar-refractivity contribution >= 4 is 22.9 Å². The first-order valence-corrected chi connectivity index (χ1v) is 6.84. The highest BCUT2D eigenvalue weighted by Gasteiger charge is 2.16. The fraction of sp³-hybridized carbons (Fsp3) is 0.231. The number of fused-ring (bicyclic) bond motifs is 1. The van der Waals surface area contributed by atoms with Crippen LogP contribution in [-0.2, 0) is 0 Å². The molecule has 94 valence electrons. The molecule has 0 saturated carbocycles. The molecule has 1 aliphatic rings. The predicted molar refractivity (Wildman–Crippen MR) is 72.8 cm³/mol. The highest BCUT2D eigenvalue weighted by molar-refractivity contribution is 7.16. The van der Waals surface area contributed by atoms with Crippen LogP contribution in [0.1, 0.15) is 16.5 Å². The van der Waals surface area contributed by atoms with Crippen LogP contribution in [0.25, 0.3) is 0 Å². The molecule has 1 aliphatic heterocycles. The van der Waals surface area contributed by atoms with E-state index in [0.717, 1.165) is 26.3 Å². The number of halogens is 1. The number of hydrogen-bond acceptors (Lipinski definition) is 4. The van der Waals surface area contributed by atoms with Crippen molar-refractivity contribution in [3.05, 3.63) is 45.1 Å². The minimum atomic E-state index is -0.182. The van der Waals surface area contributed by atoms with Crippen LogP contribution >= 0.6 is 22.9 Å². The molecule has 0 aliphatic carbocycles. The summed E-state index contributed by atoms with van der Waals surface area (Å²) in [6.07, 6.45) is 0. The Morgan fingerprint density at radius 1 is 1.11 bits per heavy atom. The van der Waals surface area contributed by atoms with Crippen molar-refractivity contribution in [3.63, 3.8) is 0 Å². The Morgan fingerprint density at radius 2 is 1.89 bits per heavy atom. The Bertz CT molecular complexity index is 570. The molecule has 5 heteroatoms. The summed E-state index contributed by atoms with van der Waals surface area (Å²) < 4.78 is 11.8. The van der Waals surface area contributed by atoms with E-state index in [1.54, 1.807) is 0 Å². The molecule has 0 bridgehead atoms. The second-order valence-corrected chi connectivity index (χ2v) is 5.77. The van der Waals surface area contributed by atoms with E-state index in [1.165, 1.54) is 11.3 Å². The zero-order valence-corrected chi connectivity index (χ0v) is 11.1. The summed E-state index contributed by atoms with van der Waals surface area (Å²) in [5, 5.41) is 0. The third-order valence-corrected chi connectivity index (χ3v) is 4.14. The molecule has 18 heavy (non-hydrogen) atoms. The van der Waals surface area contributed by atoms with Crippen molar-refractivity contribution in [2.75, 3.05) is 13.2 Å². The van der Waals surface area contributed by atoms with Crippen molar-refractivity contribution in [1.29, 1.82) is 0 Å². The molecule has 0 saturated heterocycles. The van der Waals surface area contributed by atoms with E-state index in [9.17, 15) is 0 Å². The van der Waals surface area contributed by atoms with Crippen LogP contribution in [0.3, 0.4) is 0 Å². The fourth-order valence-corrected chi connectivity index (χ4v) is 3.00. The maximum atomic E-state index is 6.22. The zero-order valence-electron chi connectivity index (χ0n) is 9.56. The first kappa shape index (κ1) is 11.8. The number of nitrogens with two attached hydrogens (primary N) is 1. The van der Waals surface area contributed by atoms with Gasteiger partial charge in [0.1, 0.15) is 13.2 Å². The van der Waals surface area contributed by atoms with E-state index in [4.69, 9.17) is 26.8 Å². The Labute approximate surface area is 114 Å². The lowest BCUT2D eigenvalue weighted by Crippen LogP contribution is -2.16. The standard InChI is InChI=1S/C13H12ClNO2S/c14-12-4-3-11(18-12)13(15)8-1-2-9-10(7-8)17-6-5-16-9/h1-4,7,13H,5-6,15H2. The number of ether oxygens (including phenoxy) is 2. The average Bonchev–Trinajstić information content (AvgIpc) is 2.84. The van der Waals surface area contributed by atoms with Crippen LogP contribution in [0.2, 0.25) is 4.34 Å². The first-order valence-electron chi connectivity index (χ1n) is 5.64. The highest BCUT2D eigenvalue weighted by atomic mass is 35.5. The topological polar surface area (TPSA) is 44.5 Å². The molecule has 2 aromatic rings. The number of thiophene rings is 1. The molecule has 2 heterocycles. The molecule has 2 N–H and O–H groups in total. The lowest BCUT2D eigenvalue weighted by molar-refractivity contribution is 0.171. The van der Waals surface area contributed by atoms with Crippen molar-refractivity contribution in [1.82, 2.24) is 0 Å². The summed E-state index contributed by atoms with van der Waals surface area (Å²) >= 11 is 7.42. The minimum absolute atomic E-state index is 0.182. The molecule has 1 unspecified atom stereocenters. The molecule has 0 amide bonds. The van der Waals surface area contributed by atoms with Gasteiger partial charge in [-0.05, 0) is 29.8 Å². The van der Waals surface area contributed by atoms with Gasteiger partial charge in [0.15, 0.2) is 11.5 Å². The molecule has 3 nitrogen and oxygen atoms in total. The van der Waals surface area contributed by atoms with Gasteiger partial charge in [-0.2, -0.15) is 0 Å². The second kappa shape index (κ2) is 4.80. The first-order chi connectivity index (χ1) is 8.74. The molecular weight excluding hydrogens is 270 g/mol. The SMILES string of the molecule is NC(c1ccc2c(c1)OCCO2)c1ccc(Cl)s1. The smallest absolute Gasteiger partial charge is 0.161 e. The van der Waals surface area contributed by atoms with E-state index in [-0.39, 0.29) is 6.04 Å². The minimum Gasteiger partial charge on any atom is -0.486 e. The van der Waals surface area contributed by atoms with E-state index in [1.807, 2.05) is 30.3 Å². The van der Waals surface area contributed by atoms with Gasteiger partial charge in [0.25, 0.3) is 0 Å². The largest absolute Gasteiger partial charge is 0.486 e. The summed E-state index contributed by atoms with van der Waals surface area (Å²) in [6, 6.07) is 9.43. The molecule has 1 atom stereocenters. The second-order valence-electron chi connectivity index (χ2n) is 4.02. The van der Waals surface area contributed by atoms with Crippen LogP contribution in [0.15, 0.2) is 30.3 Å². The Morgan fingerprint density at radius 3 is 2.61 bits per heavy atom. The monoisotopic (exact) mass is 281 g/mol. The maximum Gasteiger partial charge on any atom is 0.161 e. The number of benzene rings is 1. The van der Waals surface area contributed by atoms with Gasteiger partial charge in [-0.1, -0.05) is 17.7 Å². The van der Waals surface area contributed by atoms with Crippen molar-refractivity contribution in [2.24, 2.45) is 5.73 Å². The lowest BCUT2D eigenvalue weighted by atomic mass is 10.1. The molecule has 0 radical (unpaired) electrons. The number of rotatable bonds is 2. The van der Waals surface area contributed by atoms with Crippen molar-refractivity contribution < 1.29 is 9.47 Å². The summed E-state index contributed by atoms with van der Waals surface area (Å²) in [5.41, 5.74) is 7.22. The van der Waals surface area contributed by atoms with Crippen LogP contribution < -0.4 is 15.2 Å². The van der Waals surface area contributed by atoms with Gasteiger partial charge in [0.05, 0.1) is 10.4 Å².